The lowest BCUT2D eigenvalue weighted by Gasteiger charge is -2.22. The van der Waals surface area contributed by atoms with Crippen LogP contribution in [0.5, 0.6) is 5.75 Å². The van der Waals surface area contributed by atoms with E-state index >= 15 is 0 Å². The number of halogens is 1. The van der Waals surface area contributed by atoms with E-state index in [4.69, 9.17) is 15.2 Å². The molecule has 0 bridgehead atoms. The highest BCUT2D eigenvalue weighted by Gasteiger charge is 2.35. The van der Waals surface area contributed by atoms with Gasteiger partial charge < -0.3 is 20.1 Å². The number of hydrogen-bond acceptors (Lipinski definition) is 4. The molecular weight excluding hydrogens is 316 g/mol. The Balaban J connectivity index is 0.00000264. The summed E-state index contributed by atoms with van der Waals surface area (Å²) in [5, 5.41) is 0. The lowest BCUT2D eigenvalue weighted by molar-refractivity contribution is 0.0776. The summed E-state index contributed by atoms with van der Waals surface area (Å²) in [6.07, 6.45) is 1.79. The van der Waals surface area contributed by atoms with E-state index in [1.807, 2.05) is 29.2 Å². The highest BCUT2D eigenvalue weighted by molar-refractivity contribution is 5.94. The van der Waals surface area contributed by atoms with Crippen LogP contribution in [0.15, 0.2) is 24.3 Å². The van der Waals surface area contributed by atoms with Crippen molar-refractivity contribution in [1.29, 1.82) is 0 Å². The molecule has 1 unspecified atom stereocenters. The standard InChI is InChI=1S/C17H26N2O3.ClH/c1-17(12-18)7-8-19(13-17)16(20)14-5-3-6-15(11-14)22-10-4-9-21-2;/h3,5-6,11H,4,7-10,12-13,18H2,1-2H3;1H. The molecule has 1 aliphatic rings. The first kappa shape index (κ1) is 19.7. The largest absolute Gasteiger partial charge is 0.493 e. The van der Waals surface area contributed by atoms with Crippen LogP contribution in [0.25, 0.3) is 0 Å². The summed E-state index contributed by atoms with van der Waals surface area (Å²) in [5.41, 5.74) is 6.52. The predicted molar refractivity (Wildman–Crippen MR) is 93.4 cm³/mol. The van der Waals surface area contributed by atoms with Crippen LogP contribution < -0.4 is 10.5 Å². The molecule has 1 aromatic rings. The molecule has 6 heteroatoms. The minimum Gasteiger partial charge on any atom is -0.493 e. The average molecular weight is 343 g/mol. The van der Waals surface area contributed by atoms with Gasteiger partial charge in [0.15, 0.2) is 0 Å². The van der Waals surface area contributed by atoms with E-state index in [0.717, 1.165) is 31.7 Å². The summed E-state index contributed by atoms with van der Waals surface area (Å²) in [5.74, 6) is 0.780. The summed E-state index contributed by atoms with van der Waals surface area (Å²) in [7, 11) is 1.67. The Bertz CT molecular complexity index is 512. The number of ether oxygens (including phenoxy) is 2. The zero-order chi connectivity index (χ0) is 16.0. The van der Waals surface area contributed by atoms with Gasteiger partial charge in [-0.05, 0) is 36.6 Å². The summed E-state index contributed by atoms with van der Waals surface area (Å²) in [4.78, 5) is 14.5. The third-order valence-corrected chi connectivity index (χ3v) is 4.18. The third kappa shape index (κ3) is 5.37. The number of carbonyl (C=O) groups is 1. The van der Waals surface area contributed by atoms with Gasteiger partial charge >= 0.3 is 0 Å². The lowest BCUT2D eigenvalue weighted by atomic mass is 9.90. The summed E-state index contributed by atoms with van der Waals surface area (Å²) in [6, 6.07) is 7.38. The van der Waals surface area contributed by atoms with Crippen molar-refractivity contribution in [3.05, 3.63) is 29.8 Å². The maximum atomic E-state index is 12.6. The van der Waals surface area contributed by atoms with Crippen LogP contribution in [0.1, 0.15) is 30.1 Å². The number of hydrogen-bond donors (Lipinski definition) is 1. The molecule has 2 N–H and O–H groups in total. The third-order valence-electron chi connectivity index (χ3n) is 4.18. The van der Waals surface area contributed by atoms with Crippen LogP contribution in [-0.4, -0.2) is 50.8 Å². The van der Waals surface area contributed by atoms with Gasteiger partial charge in [-0.15, -0.1) is 12.4 Å². The molecule has 1 atom stereocenters. The Morgan fingerprint density at radius 1 is 1.39 bits per heavy atom. The number of benzene rings is 1. The fourth-order valence-corrected chi connectivity index (χ4v) is 2.66. The first-order chi connectivity index (χ1) is 10.6. The highest BCUT2D eigenvalue weighted by Crippen LogP contribution is 2.29. The Morgan fingerprint density at radius 2 is 2.17 bits per heavy atom. The van der Waals surface area contributed by atoms with Gasteiger partial charge in [0.25, 0.3) is 5.91 Å². The fourth-order valence-electron chi connectivity index (χ4n) is 2.66. The van der Waals surface area contributed by atoms with Crippen LogP contribution in [0.4, 0.5) is 0 Å². The van der Waals surface area contributed by atoms with Crippen LogP contribution in [0.3, 0.4) is 0 Å². The summed E-state index contributed by atoms with van der Waals surface area (Å²) in [6.45, 7) is 5.49. The molecule has 0 saturated carbocycles. The normalized spacial score (nSPS) is 20.2. The Morgan fingerprint density at radius 3 is 2.83 bits per heavy atom. The molecule has 1 aromatic carbocycles. The summed E-state index contributed by atoms with van der Waals surface area (Å²) < 4.78 is 10.6. The molecule has 1 heterocycles. The first-order valence-corrected chi connectivity index (χ1v) is 7.79. The fraction of sp³-hybridized carbons (Fsp3) is 0.588. The average Bonchev–Trinajstić information content (AvgIpc) is 2.94. The number of amides is 1. The SMILES string of the molecule is COCCCOc1cccc(C(=O)N2CCC(C)(CN)C2)c1.Cl. The molecule has 2 rings (SSSR count). The molecule has 1 aliphatic heterocycles. The van der Waals surface area contributed by atoms with Crippen molar-refractivity contribution in [2.45, 2.75) is 19.8 Å². The van der Waals surface area contributed by atoms with Crippen molar-refractivity contribution < 1.29 is 14.3 Å². The van der Waals surface area contributed by atoms with Gasteiger partial charge in [0, 0.05) is 38.8 Å². The molecule has 1 amide bonds. The van der Waals surface area contributed by atoms with Crippen molar-refractivity contribution >= 4 is 18.3 Å². The maximum absolute atomic E-state index is 12.6. The quantitative estimate of drug-likeness (QED) is 0.772. The van der Waals surface area contributed by atoms with Crippen molar-refractivity contribution in [2.75, 3.05) is 40.0 Å². The number of rotatable bonds is 7. The van der Waals surface area contributed by atoms with E-state index in [1.54, 1.807) is 7.11 Å². The van der Waals surface area contributed by atoms with E-state index < -0.39 is 0 Å². The second kappa shape index (κ2) is 9.11. The number of nitrogens with zero attached hydrogens (tertiary/aromatic N) is 1. The highest BCUT2D eigenvalue weighted by atomic mass is 35.5. The van der Waals surface area contributed by atoms with Gasteiger partial charge in [-0.25, -0.2) is 0 Å². The molecule has 23 heavy (non-hydrogen) atoms. The molecule has 0 radical (unpaired) electrons. The minimum atomic E-state index is 0. The number of methoxy groups -OCH3 is 1. The van der Waals surface area contributed by atoms with Gasteiger partial charge in [-0.3, -0.25) is 4.79 Å². The van der Waals surface area contributed by atoms with Gasteiger partial charge in [0.2, 0.25) is 0 Å². The van der Waals surface area contributed by atoms with Crippen LogP contribution in [-0.2, 0) is 4.74 Å². The van der Waals surface area contributed by atoms with Crippen molar-refractivity contribution in [3.8, 4) is 5.75 Å². The van der Waals surface area contributed by atoms with Gasteiger partial charge in [-0.1, -0.05) is 13.0 Å². The van der Waals surface area contributed by atoms with Crippen LogP contribution in [0, 0.1) is 5.41 Å². The predicted octanol–water partition coefficient (Wildman–Crippen LogP) is 2.33. The second-order valence-corrected chi connectivity index (χ2v) is 6.21. The Labute approximate surface area is 144 Å². The number of nitrogens with two attached hydrogens (primary N) is 1. The van der Waals surface area contributed by atoms with Crippen LogP contribution >= 0.6 is 12.4 Å². The van der Waals surface area contributed by atoms with Gasteiger partial charge in [-0.2, -0.15) is 0 Å². The van der Waals surface area contributed by atoms with E-state index in [9.17, 15) is 4.79 Å². The van der Waals surface area contributed by atoms with Crippen LogP contribution in [0.2, 0.25) is 0 Å². The molecule has 1 saturated heterocycles. The molecule has 1 fully saturated rings. The van der Waals surface area contributed by atoms with Crippen molar-refractivity contribution in [1.82, 2.24) is 4.90 Å². The van der Waals surface area contributed by atoms with E-state index in [1.165, 1.54) is 0 Å². The number of likely N-dealkylation sites (tertiary alicyclic amines) is 1. The van der Waals surface area contributed by atoms with E-state index in [2.05, 4.69) is 6.92 Å². The number of carbonyl (C=O) groups excluding carboxylic acids is 1. The minimum absolute atomic E-state index is 0. The molecule has 130 valence electrons. The molecule has 5 nitrogen and oxygen atoms in total. The Hall–Kier alpha value is -1.30. The monoisotopic (exact) mass is 342 g/mol. The van der Waals surface area contributed by atoms with Crippen molar-refractivity contribution in [2.24, 2.45) is 11.1 Å². The Kier molecular flexibility index (Phi) is 7.82. The zero-order valence-corrected chi connectivity index (χ0v) is 14.7. The first-order valence-electron chi connectivity index (χ1n) is 7.79. The van der Waals surface area contributed by atoms with Crippen molar-refractivity contribution in [3.63, 3.8) is 0 Å². The van der Waals surface area contributed by atoms with E-state index in [0.29, 0.717) is 25.3 Å². The van der Waals surface area contributed by atoms with Gasteiger partial charge in [0.05, 0.1) is 6.61 Å². The molecular formula is C17H27ClN2O3. The topological polar surface area (TPSA) is 64.8 Å². The molecule has 0 aromatic heterocycles. The smallest absolute Gasteiger partial charge is 0.254 e. The maximum Gasteiger partial charge on any atom is 0.254 e. The van der Waals surface area contributed by atoms with E-state index in [-0.39, 0.29) is 23.7 Å². The molecule has 0 spiro atoms. The second-order valence-electron chi connectivity index (χ2n) is 6.21. The van der Waals surface area contributed by atoms with Gasteiger partial charge in [0.1, 0.15) is 5.75 Å². The lowest BCUT2D eigenvalue weighted by Crippen LogP contribution is -2.34. The molecule has 0 aliphatic carbocycles. The summed E-state index contributed by atoms with van der Waals surface area (Å²) >= 11 is 0. The zero-order valence-electron chi connectivity index (χ0n) is 13.9.